The third kappa shape index (κ3) is 2.60. The van der Waals surface area contributed by atoms with Crippen LogP contribution in [0.25, 0.3) is 0 Å². The molecule has 1 fully saturated rings. The Morgan fingerprint density at radius 3 is 2.88 bits per heavy atom. The first-order chi connectivity index (χ1) is 8.09. The van der Waals surface area contributed by atoms with E-state index in [-0.39, 0.29) is 5.82 Å². The van der Waals surface area contributed by atoms with Gasteiger partial charge in [0.05, 0.1) is 5.69 Å². The van der Waals surface area contributed by atoms with Crippen LogP contribution in [-0.4, -0.2) is 25.7 Å². The Hall–Kier alpha value is -1.09. The molecule has 1 saturated heterocycles. The van der Waals surface area contributed by atoms with Gasteiger partial charge in [-0.2, -0.15) is 0 Å². The summed E-state index contributed by atoms with van der Waals surface area (Å²) in [6.45, 7) is 9.14. The fraction of sp³-hybridized carbons (Fsp3) is 0.571. The number of nitrogens with one attached hydrogen (secondary N) is 1. The summed E-state index contributed by atoms with van der Waals surface area (Å²) in [5.74, 6) is 0.408. The van der Waals surface area contributed by atoms with Crippen LogP contribution in [0.3, 0.4) is 0 Å². The average molecular weight is 236 g/mol. The Kier molecular flexibility index (Phi) is 3.67. The summed E-state index contributed by atoms with van der Waals surface area (Å²) in [6, 6.07) is 5.73. The summed E-state index contributed by atoms with van der Waals surface area (Å²) in [6.07, 6.45) is 0. The van der Waals surface area contributed by atoms with Crippen LogP contribution in [0.1, 0.15) is 19.4 Å². The van der Waals surface area contributed by atoms with E-state index < -0.39 is 0 Å². The van der Waals surface area contributed by atoms with Crippen LogP contribution in [0, 0.1) is 18.7 Å². The number of nitrogens with zero attached hydrogens (tertiary/aromatic N) is 1. The molecule has 17 heavy (non-hydrogen) atoms. The van der Waals surface area contributed by atoms with E-state index in [1.807, 2.05) is 19.1 Å². The van der Waals surface area contributed by atoms with Gasteiger partial charge in [0.15, 0.2) is 0 Å². The average Bonchev–Trinajstić information content (AvgIpc) is 2.32. The molecule has 2 nitrogen and oxygen atoms in total. The number of hydrogen-bond acceptors (Lipinski definition) is 2. The van der Waals surface area contributed by atoms with Crippen LogP contribution in [0.5, 0.6) is 0 Å². The molecule has 3 heteroatoms. The Morgan fingerprint density at radius 2 is 2.18 bits per heavy atom. The first-order valence-electron chi connectivity index (χ1n) is 6.33. The third-order valence-corrected chi connectivity index (χ3v) is 3.46. The van der Waals surface area contributed by atoms with Gasteiger partial charge in [0.1, 0.15) is 5.82 Å². The minimum absolute atomic E-state index is 0.108. The van der Waals surface area contributed by atoms with Crippen molar-refractivity contribution in [3.63, 3.8) is 0 Å². The van der Waals surface area contributed by atoms with Gasteiger partial charge in [0.25, 0.3) is 0 Å². The van der Waals surface area contributed by atoms with Crippen LogP contribution in [-0.2, 0) is 0 Å². The SMILES string of the molecule is Cc1ccc(F)c(N2CCNCC2C(C)C)c1. The number of hydrogen-bond donors (Lipinski definition) is 1. The number of benzene rings is 1. The molecule has 2 rings (SSSR count). The summed E-state index contributed by atoms with van der Waals surface area (Å²) in [4.78, 5) is 2.21. The van der Waals surface area contributed by atoms with Crippen molar-refractivity contribution in [2.45, 2.75) is 26.8 Å². The van der Waals surface area contributed by atoms with Crippen LogP contribution in [0.2, 0.25) is 0 Å². The molecule has 1 aliphatic heterocycles. The molecule has 94 valence electrons. The Bertz CT molecular complexity index is 390. The Morgan fingerprint density at radius 1 is 1.41 bits per heavy atom. The molecule has 1 aromatic carbocycles. The van der Waals surface area contributed by atoms with E-state index in [9.17, 15) is 4.39 Å². The van der Waals surface area contributed by atoms with Gasteiger partial charge in [-0.1, -0.05) is 19.9 Å². The minimum Gasteiger partial charge on any atom is -0.363 e. The van der Waals surface area contributed by atoms with Crippen molar-refractivity contribution in [1.29, 1.82) is 0 Å². The highest BCUT2D eigenvalue weighted by Gasteiger charge is 2.26. The van der Waals surface area contributed by atoms with Crippen molar-refractivity contribution in [1.82, 2.24) is 5.32 Å². The molecule has 1 unspecified atom stereocenters. The van der Waals surface area contributed by atoms with E-state index in [2.05, 4.69) is 24.1 Å². The summed E-state index contributed by atoms with van der Waals surface area (Å²) in [5.41, 5.74) is 1.87. The first kappa shape index (κ1) is 12.4. The van der Waals surface area contributed by atoms with E-state index in [4.69, 9.17) is 0 Å². The molecular weight excluding hydrogens is 215 g/mol. The quantitative estimate of drug-likeness (QED) is 0.849. The maximum absolute atomic E-state index is 13.9. The predicted octanol–water partition coefficient (Wildman–Crippen LogP) is 2.57. The molecule has 0 aromatic heterocycles. The van der Waals surface area contributed by atoms with Crippen molar-refractivity contribution >= 4 is 5.69 Å². The van der Waals surface area contributed by atoms with E-state index in [0.717, 1.165) is 30.9 Å². The first-order valence-corrected chi connectivity index (χ1v) is 6.33. The molecule has 0 bridgehead atoms. The summed E-state index contributed by atoms with van der Waals surface area (Å²) >= 11 is 0. The molecule has 1 aliphatic rings. The van der Waals surface area contributed by atoms with Crippen molar-refractivity contribution in [2.75, 3.05) is 24.5 Å². The smallest absolute Gasteiger partial charge is 0.146 e. The molecule has 0 saturated carbocycles. The van der Waals surface area contributed by atoms with Crippen LogP contribution < -0.4 is 10.2 Å². The summed E-state index contributed by atoms with van der Waals surface area (Å²) < 4.78 is 13.9. The second-order valence-corrected chi connectivity index (χ2v) is 5.16. The number of halogens is 1. The van der Waals surface area contributed by atoms with Crippen molar-refractivity contribution in [3.05, 3.63) is 29.6 Å². The maximum atomic E-state index is 13.9. The van der Waals surface area contributed by atoms with Crippen molar-refractivity contribution in [3.8, 4) is 0 Å². The highest BCUT2D eigenvalue weighted by atomic mass is 19.1. The lowest BCUT2D eigenvalue weighted by molar-refractivity contribution is 0.386. The van der Waals surface area contributed by atoms with Crippen molar-refractivity contribution in [2.24, 2.45) is 5.92 Å². The molecular formula is C14H21FN2. The zero-order valence-corrected chi connectivity index (χ0v) is 10.8. The number of piperazine rings is 1. The lowest BCUT2D eigenvalue weighted by atomic mass is 9.99. The highest BCUT2D eigenvalue weighted by molar-refractivity contribution is 5.51. The van der Waals surface area contributed by atoms with E-state index in [0.29, 0.717) is 12.0 Å². The van der Waals surface area contributed by atoms with Gasteiger partial charge in [-0.25, -0.2) is 4.39 Å². The van der Waals surface area contributed by atoms with Crippen LogP contribution >= 0.6 is 0 Å². The van der Waals surface area contributed by atoms with Crippen LogP contribution in [0.4, 0.5) is 10.1 Å². The number of rotatable bonds is 2. The van der Waals surface area contributed by atoms with Gasteiger partial charge in [-0.15, -0.1) is 0 Å². The summed E-state index contributed by atoms with van der Waals surface area (Å²) in [7, 11) is 0. The second kappa shape index (κ2) is 5.05. The van der Waals surface area contributed by atoms with Gasteiger partial charge < -0.3 is 10.2 Å². The van der Waals surface area contributed by atoms with Crippen LogP contribution in [0.15, 0.2) is 18.2 Å². The predicted molar refractivity (Wildman–Crippen MR) is 70.0 cm³/mol. The lowest BCUT2D eigenvalue weighted by Crippen LogP contribution is -2.54. The van der Waals surface area contributed by atoms with Gasteiger partial charge >= 0.3 is 0 Å². The van der Waals surface area contributed by atoms with E-state index >= 15 is 0 Å². The fourth-order valence-electron chi connectivity index (χ4n) is 2.46. The Balaban J connectivity index is 2.32. The van der Waals surface area contributed by atoms with Gasteiger partial charge in [0.2, 0.25) is 0 Å². The van der Waals surface area contributed by atoms with Crippen molar-refractivity contribution < 1.29 is 4.39 Å². The second-order valence-electron chi connectivity index (χ2n) is 5.16. The molecule has 0 spiro atoms. The number of anilines is 1. The topological polar surface area (TPSA) is 15.3 Å². The molecule has 0 aliphatic carbocycles. The normalized spacial score (nSPS) is 21.0. The maximum Gasteiger partial charge on any atom is 0.146 e. The fourth-order valence-corrected chi connectivity index (χ4v) is 2.46. The number of aryl methyl sites for hydroxylation is 1. The molecule has 1 atom stereocenters. The molecule has 1 N–H and O–H groups in total. The molecule has 0 radical (unpaired) electrons. The van der Waals surface area contributed by atoms with Gasteiger partial charge in [0, 0.05) is 25.7 Å². The monoisotopic (exact) mass is 236 g/mol. The zero-order chi connectivity index (χ0) is 12.4. The largest absolute Gasteiger partial charge is 0.363 e. The van der Waals surface area contributed by atoms with E-state index in [1.165, 1.54) is 0 Å². The van der Waals surface area contributed by atoms with Gasteiger partial charge in [-0.3, -0.25) is 0 Å². The third-order valence-electron chi connectivity index (χ3n) is 3.46. The molecule has 1 aromatic rings. The zero-order valence-electron chi connectivity index (χ0n) is 10.8. The highest BCUT2D eigenvalue weighted by Crippen LogP contribution is 2.26. The minimum atomic E-state index is -0.108. The molecule has 0 amide bonds. The summed E-state index contributed by atoms with van der Waals surface area (Å²) in [5, 5.41) is 3.39. The molecule has 1 heterocycles. The van der Waals surface area contributed by atoms with E-state index in [1.54, 1.807) is 6.07 Å². The lowest BCUT2D eigenvalue weighted by Gasteiger charge is -2.40. The Labute approximate surface area is 103 Å². The van der Waals surface area contributed by atoms with Gasteiger partial charge in [-0.05, 0) is 30.5 Å². The standard InChI is InChI=1S/C14H21FN2/c1-10(2)14-9-16-6-7-17(14)13-8-11(3)4-5-12(13)15/h4-5,8,10,14,16H,6-7,9H2,1-3H3.